The van der Waals surface area contributed by atoms with Crippen molar-refractivity contribution < 1.29 is 27.8 Å². The first-order chi connectivity index (χ1) is 18.9. The molecule has 1 fully saturated rings. The quantitative estimate of drug-likeness (QED) is 0.406. The van der Waals surface area contributed by atoms with Gasteiger partial charge in [0.2, 0.25) is 5.82 Å². The highest BCUT2D eigenvalue weighted by Gasteiger charge is 2.31. The number of likely N-dealkylation sites (N-methyl/N-ethyl adjacent to an activating group) is 1. The minimum absolute atomic E-state index is 0.00327. The highest BCUT2D eigenvalue weighted by atomic mass is 35.5. The second-order valence-corrected chi connectivity index (χ2v) is 10.5. The molecule has 0 aliphatic carbocycles. The van der Waals surface area contributed by atoms with E-state index in [9.17, 15) is 23.1 Å². The summed E-state index contributed by atoms with van der Waals surface area (Å²) in [7, 11) is 3.56. The van der Waals surface area contributed by atoms with Crippen LogP contribution in [0.25, 0.3) is 17.1 Å². The normalized spacial score (nSPS) is 15.0. The summed E-state index contributed by atoms with van der Waals surface area (Å²) in [6.07, 6.45) is -4.61. The van der Waals surface area contributed by atoms with Crippen molar-refractivity contribution in [3.8, 4) is 28.6 Å². The van der Waals surface area contributed by atoms with Crippen molar-refractivity contribution >= 4 is 17.5 Å². The number of rotatable bonds is 8. The van der Waals surface area contributed by atoms with Gasteiger partial charge in [0.1, 0.15) is 18.0 Å². The lowest BCUT2D eigenvalue weighted by atomic mass is 9.98. The standard InChI is InChI=1S/C27H32ClF3N6O3/c1-16(2)19-12-20(22(38)13-23(19)40-4)24-33-34-25(26(39)32-15-27(29,30)31)37(24)18-6-5-17(21(28)11-18)14-36-9-7-35(3)8-10-36/h5-6,11-13,16,38H,7-10,14-15H2,1-4H3,(H,32,39). The predicted molar refractivity (Wildman–Crippen MR) is 145 cm³/mol. The number of halogens is 4. The van der Waals surface area contributed by atoms with Crippen LogP contribution in [0.4, 0.5) is 13.2 Å². The highest BCUT2D eigenvalue weighted by Crippen LogP contribution is 2.39. The molecule has 0 saturated carbocycles. The summed E-state index contributed by atoms with van der Waals surface area (Å²) in [5.41, 5.74) is 2.20. The Morgan fingerprint density at radius 2 is 1.85 bits per heavy atom. The molecule has 0 bridgehead atoms. The molecule has 13 heteroatoms. The SMILES string of the molecule is COc1cc(O)c(-c2nnc(C(=O)NCC(F)(F)F)n2-c2ccc(CN3CCN(C)CC3)c(Cl)c2)cc1C(C)C. The summed E-state index contributed by atoms with van der Waals surface area (Å²) < 4.78 is 45.3. The highest BCUT2D eigenvalue weighted by molar-refractivity contribution is 6.31. The predicted octanol–water partition coefficient (Wildman–Crippen LogP) is 4.46. The van der Waals surface area contributed by atoms with Crippen molar-refractivity contribution in [2.45, 2.75) is 32.5 Å². The van der Waals surface area contributed by atoms with Crippen LogP contribution in [0, 0.1) is 0 Å². The zero-order chi connectivity index (χ0) is 29.2. The molecule has 1 amide bonds. The first-order valence-corrected chi connectivity index (χ1v) is 13.2. The lowest BCUT2D eigenvalue weighted by molar-refractivity contribution is -0.123. The number of hydrogen-bond donors (Lipinski definition) is 2. The molecule has 40 heavy (non-hydrogen) atoms. The van der Waals surface area contributed by atoms with E-state index in [2.05, 4.69) is 27.0 Å². The lowest BCUT2D eigenvalue weighted by Gasteiger charge is -2.32. The van der Waals surface area contributed by atoms with Gasteiger partial charge >= 0.3 is 6.18 Å². The van der Waals surface area contributed by atoms with Gasteiger partial charge in [-0.05, 0) is 42.3 Å². The number of amides is 1. The van der Waals surface area contributed by atoms with Gasteiger partial charge in [0, 0.05) is 43.8 Å². The molecule has 1 aromatic heterocycles. The lowest BCUT2D eigenvalue weighted by Crippen LogP contribution is -2.43. The first kappa shape index (κ1) is 29.6. The van der Waals surface area contributed by atoms with Crippen molar-refractivity contribution in [1.29, 1.82) is 0 Å². The van der Waals surface area contributed by atoms with Crippen LogP contribution in [0.3, 0.4) is 0 Å². The van der Waals surface area contributed by atoms with Crippen molar-refractivity contribution in [1.82, 2.24) is 29.9 Å². The maximum atomic E-state index is 12.9. The first-order valence-electron chi connectivity index (χ1n) is 12.8. The number of nitrogens with one attached hydrogen (secondary N) is 1. The largest absolute Gasteiger partial charge is 0.507 e. The van der Waals surface area contributed by atoms with Gasteiger partial charge < -0.3 is 20.1 Å². The number of nitrogens with zero attached hydrogens (tertiary/aromatic N) is 5. The van der Waals surface area contributed by atoms with Gasteiger partial charge in [0.25, 0.3) is 5.91 Å². The molecule has 1 aliphatic rings. The molecule has 2 N–H and O–H groups in total. The summed E-state index contributed by atoms with van der Waals surface area (Å²) >= 11 is 6.68. The fourth-order valence-electron chi connectivity index (χ4n) is 4.55. The maximum Gasteiger partial charge on any atom is 0.405 e. The second-order valence-electron chi connectivity index (χ2n) is 10.1. The topological polar surface area (TPSA) is 95.8 Å². The number of alkyl halides is 3. The Kier molecular flexibility index (Phi) is 8.91. The number of ether oxygens (including phenoxy) is 1. The van der Waals surface area contributed by atoms with Gasteiger partial charge in [-0.2, -0.15) is 13.2 Å². The summed E-state index contributed by atoms with van der Waals surface area (Å²) in [6, 6.07) is 8.22. The van der Waals surface area contributed by atoms with E-state index < -0.39 is 18.6 Å². The van der Waals surface area contributed by atoms with Crippen molar-refractivity contribution in [3.05, 3.63) is 52.3 Å². The molecule has 216 valence electrons. The fraction of sp³-hybridized carbons (Fsp3) is 0.444. The molecular weight excluding hydrogens is 549 g/mol. The second kappa shape index (κ2) is 12.0. The molecule has 1 aliphatic heterocycles. The molecule has 0 atom stereocenters. The Morgan fingerprint density at radius 1 is 1.15 bits per heavy atom. The third-order valence-corrected chi connectivity index (χ3v) is 7.16. The van der Waals surface area contributed by atoms with Crippen LogP contribution in [0.15, 0.2) is 30.3 Å². The van der Waals surface area contributed by atoms with E-state index in [0.717, 1.165) is 37.3 Å². The van der Waals surface area contributed by atoms with E-state index in [1.54, 1.807) is 18.2 Å². The Morgan fingerprint density at radius 3 is 2.45 bits per heavy atom. The Hall–Kier alpha value is -3.35. The van der Waals surface area contributed by atoms with Crippen LogP contribution in [0.1, 0.15) is 41.5 Å². The molecular formula is C27H32ClF3N6O3. The van der Waals surface area contributed by atoms with Crippen LogP contribution in [-0.2, 0) is 6.54 Å². The van der Waals surface area contributed by atoms with E-state index in [4.69, 9.17) is 16.3 Å². The van der Waals surface area contributed by atoms with Gasteiger partial charge in [0.15, 0.2) is 5.82 Å². The number of aromatic nitrogens is 3. The number of carbonyl (C=O) groups is 1. The number of methoxy groups -OCH3 is 1. The van der Waals surface area contributed by atoms with Crippen molar-refractivity contribution in [2.75, 3.05) is 46.9 Å². The zero-order valence-electron chi connectivity index (χ0n) is 22.7. The van der Waals surface area contributed by atoms with E-state index in [1.165, 1.54) is 17.7 Å². The molecule has 2 aromatic carbocycles. The molecule has 9 nitrogen and oxygen atoms in total. The molecule has 0 unspecified atom stereocenters. The molecule has 1 saturated heterocycles. The van der Waals surface area contributed by atoms with Crippen LogP contribution < -0.4 is 10.1 Å². The summed E-state index contributed by atoms with van der Waals surface area (Å²) in [5.74, 6) is -1.14. The van der Waals surface area contributed by atoms with Crippen LogP contribution >= 0.6 is 11.6 Å². The third kappa shape index (κ3) is 6.68. The maximum absolute atomic E-state index is 12.9. The van der Waals surface area contributed by atoms with E-state index in [-0.39, 0.29) is 28.9 Å². The number of benzene rings is 2. The average Bonchev–Trinajstić information content (AvgIpc) is 3.33. The number of carbonyl (C=O) groups excluding carboxylic acids is 1. The Balaban J connectivity index is 1.78. The zero-order valence-corrected chi connectivity index (χ0v) is 23.5. The van der Waals surface area contributed by atoms with Crippen LogP contribution in [0.2, 0.25) is 5.02 Å². The Bertz CT molecular complexity index is 1370. The molecule has 0 spiro atoms. The monoisotopic (exact) mass is 580 g/mol. The third-order valence-electron chi connectivity index (χ3n) is 6.81. The van der Waals surface area contributed by atoms with Crippen LogP contribution in [-0.4, -0.2) is 88.6 Å². The molecule has 4 rings (SSSR count). The summed E-state index contributed by atoms with van der Waals surface area (Å²) in [6.45, 7) is 6.64. The molecule has 0 radical (unpaired) electrons. The number of phenolic OH excluding ortho intramolecular Hbond substituents is 1. The van der Waals surface area contributed by atoms with E-state index in [1.807, 2.05) is 25.2 Å². The number of phenols is 1. The van der Waals surface area contributed by atoms with E-state index in [0.29, 0.717) is 23.0 Å². The van der Waals surface area contributed by atoms with Gasteiger partial charge in [-0.25, -0.2) is 0 Å². The van der Waals surface area contributed by atoms with Crippen LogP contribution in [0.5, 0.6) is 11.5 Å². The van der Waals surface area contributed by atoms with Gasteiger partial charge in [0.05, 0.1) is 18.4 Å². The minimum Gasteiger partial charge on any atom is -0.507 e. The van der Waals surface area contributed by atoms with Gasteiger partial charge in [-0.1, -0.05) is 31.5 Å². The van der Waals surface area contributed by atoms with Gasteiger partial charge in [-0.15, -0.1) is 10.2 Å². The van der Waals surface area contributed by atoms with E-state index >= 15 is 0 Å². The summed E-state index contributed by atoms with van der Waals surface area (Å²) in [5, 5.41) is 21.2. The summed E-state index contributed by atoms with van der Waals surface area (Å²) in [4.78, 5) is 17.4. The van der Waals surface area contributed by atoms with Crippen molar-refractivity contribution in [3.63, 3.8) is 0 Å². The number of piperazine rings is 1. The number of aromatic hydroxyl groups is 1. The average molecular weight is 581 g/mol. The number of hydrogen-bond acceptors (Lipinski definition) is 7. The van der Waals surface area contributed by atoms with Gasteiger partial charge in [-0.3, -0.25) is 14.3 Å². The Labute approximate surface area is 235 Å². The minimum atomic E-state index is -4.61. The smallest absolute Gasteiger partial charge is 0.405 e. The fourth-order valence-corrected chi connectivity index (χ4v) is 4.79. The molecule has 2 heterocycles. The van der Waals surface area contributed by atoms with Crippen molar-refractivity contribution in [2.24, 2.45) is 0 Å². The molecule has 3 aromatic rings.